The van der Waals surface area contributed by atoms with E-state index < -0.39 is 131 Å². The molecule has 19 heteroatoms. The molecular formula is C71H121NO18. The number of hydrogen-bond donors (Lipinski definition) is 12. The van der Waals surface area contributed by atoms with Crippen LogP contribution in [0.1, 0.15) is 213 Å². The van der Waals surface area contributed by atoms with Crippen LogP contribution >= 0.6 is 0 Å². The van der Waals surface area contributed by atoms with Gasteiger partial charge in [-0.2, -0.15) is 0 Å². The van der Waals surface area contributed by atoms with Crippen LogP contribution in [-0.2, 0) is 33.2 Å². The molecule has 17 unspecified atom stereocenters. The normalized spacial score (nSPS) is 28.7. The zero-order valence-electron chi connectivity index (χ0n) is 54.6. The summed E-state index contributed by atoms with van der Waals surface area (Å²) in [5.41, 5.74) is 0. The molecule has 0 bridgehead atoms. The lowest BCUT2D eigenvalue weighted by Crippen LogP contribution is -2.66. The molecule has 3 aliphatic heterocycles. The number of amides is 1. The lowest BCUT2D eigenvalue weighted by Gasteiger charge is -2.48. The molecule has 0 aromatic rings. The number of allylic oxidation sites excluding steroid dienone is 15. The first kappa shape index (κ1) is 80.9. The maximum Gasteiger partial charge on any atom is 0.220 e. The van der Waals surface area contributed by atoms with Crippen molar-refractivity contribution >= 4 is 5.91 Å². The molecule has 0 radical (unpaired) electrons. The molecule has 12 N–H and O–H groups in total. The molecule has 3 rings (SSSR count). The predicted molar refractivity (Wildman–Crippen MR) is 351 cm³/mol. The Morgan fingerprint density at radius 2 is 0.778 bits per heavy atom. The summed E-state index contributed by atoms with van der Waals surface area (Å²) in [6, 6.07) is -1.02. The number of carbonyl (C=O) groups excluding carboxylic acids is 1. The first-order valence-electron chi connectivity index (χ1n) is 34.5. The highest BCUT2D eigenvalue weighted by atomic mass is 16.8. The van der Waals surface area contributed by atoms with Gasteiger partial charge in [-0.15, -0.1) is 0 Å². The number of ether oxygens (including phenoxy) is 6. The quantitative estimate of drug-likeness (QED) is 0.0200. The minimum atomic E-state index is -1.99. The number of carbonyl (C=O) groups is 1. The number of hydrogen-bond acceptors (Lipinski definition) is 18. The molecule has 0 spiro atoms. The third-order valence-electron chi connectivity index (χ3n) is 16.6. The standard InChI is InChI=1S/C71H121NO18/c1-3-5-7-9-11-13-15-17-19-21-23-25-26-27-29-30-32-34-36-38-40-42-44-46-48-55(76)54(72-59(77)49-47-45-43-41-39-37-35-33-31-28-24-22-20-18-16-14-12-10-8-6-4-2)53-85-69-65(83)62(80)67(57(51-74)87-69)90-71-66(84)63(81)68(58(52-75)88-71)89-70-64(82)61(79)60(78)56(50-73)86-70/h6,8,12,14,18,20,24,28,33,35,38-41,46,48,54-58,60-71,73-76,78-84H,3-5,7,9-11,13,15-17,19,21-23,25-27,29-32,34,36-37,42-45,47,49-53H2,1-2H3,(H,72,77)/b8-6-,14-12-,20-18-,28-24-,35-33-,40-38+,41-39-,48-46+. The fraction of sp³-hybridized carbons (Fsp3) is 0.761. The number of nitrogens with one attached hydrogen (secondary N) is 1. The summed E-state index contributed by atoms with van der Waals surface area (Å²) in [5, 5.41) is 120. The van der Waals surface area contributed by atoms with Gasteiger partial charge in [-0.3, -0.25) is 4.79 Å². The lowest BCUT2D eigenvalue weighted by molar-refractivity contribution is -0.379. The van der Waals surface area contributed by atoms with Crippen molar-refractivity contribution in [1.29, 1.82) is 0 Å². The van der Waals surface area contributed by atoms with E-state index in [9.17, 15) is 61.0 Å². The zero-order valence-corrected chi connectivity index (χ0v) is 54.6. The molecule has 0 aromatic heterocycles. The third-order valence-corrected chi connectivity index (χ3v) is 16.6. The van der Waals surface area contributed by atoms with Gasteiger partial charge in [-0.05, 0) is 83.5 Å². The van der Waals surface area contributed by atoms with Gasteiger partial charge >= 0.3 is 0 Å². The van der Waals surface area contributed by atoms with Crippen molar-refractivity contribution in [3.63, 3.8) is 0 Å². The highest BCUT2D eigenvalue weighted by molar-refractivity contribution is 5.76. The molecule has 3 fully saturated rings. The lowest BCUT2D eigenvalue weighted by atomic mass is 9.96. The summed E-state index contributed by atoms with van der Waals surface area (Å²) in [6.07, 6.45) is 41.0. The predicted octanol–water partition coefficient (Wildman–Crippen LogP) is 8.88. The van der Waals surface area contributed by atoms with Crippen LogP contribution in [0.15, 0.2) is 97.2 Å². The van der Waals surface area contributed by atoms with Crippen LogP contribution < -0.4 is 5.32 Å². The fourth-order valence-electron chi connectivity index (χ4n) is 11.0. The first-order valence-corrected chi connectivity index (χ1v) is 34.5. The van der Waals surface area contributed by atoms with E-state index in [1.54, 1.807) is 6.08 Å². The summed E-state index contributed by atoms with van der Waals surface area (Å²) in [5.74, 6) is -0.330. The number of aliphatic hydroxyl groups excluding tert-OH is 11. The van der Waals surface area contributed by atoms with Crippen molar-refractivity contribution in [3.05, 3.63) is 97.2 Å². The Kier molecular flexibility index (Phi) is 46.8. The fourth-order valence-corrected chi connectivity index (χ4v) is 11.0. The van der Waals surface area contributed by atoms with Crippen LogP contribution in [0.4, 0.5) is 0 Å². The topological polar surface area (TPSA) is 307 Å². The molecule has 1 amide bonds. The minimum Gasteiger partial charge on any atom is -0.394 e. The summed E-state index contributed by atoms with van der Waals surface area (Å²) in [6.45, 7) is 1.56. The average molecular weight is 1280 g/mol. The SMILES string of the molecule is CC/C=C\C/C=C\C/C=C\C/C=C\C/C=C\C/C=C\CCCCC(=O)NC(COC1OC(CO)C(OC2OC(CO)C(OC3OC(CO)C(O)C(O)C3O)C(O)C2O)C(O)C1O)C(O)/C=C/CC/C=C/CCCCCCCCCCCCCCCCCCCC. The molecule has 90 heavy (non-hydrogen) atoms. The Hall–Kier alpha value is -3.29. The van der Waals surface area contributed by atoms with Gasteiger partial charge < -0.3 is 89.9 Å². The van der Waals surface area contributed by atoms with E-state index in [0.29, 0.717) is 12.8 Å². The van der Waals surface area contributed by atoms with Gasteiger partial charge in [-0.1, -0.05) is 220 Å². The molecule has 19 nitrogen and oxygen atoms in total. The summed E-state index contributed by atoms with van der Waals surface area (Å²) >= 11 is 0. The summed E-state index contributed by atoms with van der Waals surface area (Å²) in [4.78, 5) is 13.4. The molecule has 17 atom stereocenters. The van der Waals surface area contributed by atoms with Crippen molar-refractivity contribution in [2.45, 2.75) is 317 Å². The minimum absolute atomic E-state index is 0.175. The van der Waals surface area contributed by atoms with E-state index in [2.05, 4.69) is 104 Å². The first-order chi connectivity index (χ1) is 43.8. The number of aliphatic hydroxyl groups is 11. The van der Waals surface area contributed by atoms with Crippen LogP contribution in [0.5, 0.6) is 0 Å². The summed E-state index contributed by atoms with van der Waals surface area (Å²) in [7, 11) is 0. The number of rotatable bonds is 51. The molecule has 0 aromatic carbocycles. The monoisotopic (exact) mass is 1280 g/mol. The smallest absolute Gasteiger partial charge is 0.220 e. The van der Waals surface area contributed by atoms with Gasteiger partial charge in [0.05, 0.1) is 38.6 Å². The van der Waals surface area contributed by atoms with E-state index in [0.717, 1.165) is 70.6 Å². The maximum absolute atomic E-state index is 13.4. The third kappa shape index (κ3) is 33.7. The molecule has 518 valence electrons. The zero-order chi connectivity index (χ0) is 65.4. The van der Waals surface area contributed by atoms with E-state index in [4.69, 9.17) is 28.4 Å². The van der Waals surface area contributed by atoms with Crippen molar-refractivity contribution in [2.24, 2.45) is 0 Å². The Labute approximate surface area is 539 Å². The van der Waals surface area contributed by atoms with Crippen LogP contribution in [0.2, 0.25) is 0 Å². The Bertz CT molecular complexity index is 2010. The molecule has 3 saturated heterocycles. The second-order valence-electron chi connectivity index (χ2n) is 24.2. The van der Waals surface area contributed by atoms with Crippen molar-refractivity contribution in [3.8, 4) is 0 Å². The Morgan fingerprint density at radius 3 is 1.24 bits per heavy atom. The van der Waals surface area contributed by atoms with E-state index >= 15 is 0 Å². The molecule has 0 aliphatic carbocycles. The largest absolute Gasteiger partial charge is 0.394 e. The molecule has 0 saturated carbocycles. The van der Waals surface area contributed by atoms with Gasteiger partial charge in [0.15, 0.2) is 18.9 Å². The van der Waals surface area contributed by atoms with Gasteiger partial charge in [0.1, 0.15) is 73.2 Å². The van der Waals surface area contributed by atoms with Gasteiger partial charge in [0.2, 0.25) is 5.91 Å². The second-order valence-corrected chi connectivity index (χ2v) is 24.2. The molecular weight excluding hydrogens is 1150 g/mol. The van der Waals surface area contributed by atoms with Gasteiger partial charge in [0, 0.05) is 6.42 Å². The Morgan fingerprint density at radius 1 is 0.411 bits per heavy atom. The Balaban J connectivity index is 1.48. The maximum atomic E-state index is 13.4. The second kappa shape index (κ2) is 52.0. The van der Waals surface area contributed by atoms with Gasteiger partial charge in [-0.25, -0.2) is 0 Å². The van der Waals surface area contributed by atoms with Crippen LogP contribution in [-0.4, -0.2) is 193 Å². The van der Waals surface area contributed by atoms with Crippen LogP contribution in [0.3, 0.4) is 0 Å². The van der Waals surface area contributed by atoms with Crippen molar-refractivity contribution in [2.75, 3.05) is 26.4 Å². The molecule has 3 heterocycles. The highest BCUT2D eigenvalue weighted by Crippen LogP contribution is 2.33. The summed E-state index contributed by atoms with van der Waals surface area (Å²) < 4.78 is 34.3. The van der Waals surface area contributed by atoms with E-state index in [1.165, 1.54) is 109 Å². The van der Waals surface area contributed by atoms with Crippen LogP contribution in [0, 0.1) is 0 Å². The average Bonchev–Trinajstić information content (AvgIpc) is 0.853. The van der Waals surface area contributed by atoms with E-state index in [-0.39, 0.29) is 12.3 Å². The van der Waals surface area contributed by atoms with Crippen LogP contribution in [0.25, 0.3) is 0 Å². The van der Waals surface area contributed by atoms with Gasteiger partial charge in [0.25, 0.3) is 0 Å². The van der Waals surface area contributed by atoms with Crippen molar-refractivity contribution in [1.82, 2.24) is 5.32 Å². The number of unbranched alkanes of at least 4 members (excludes halogenated alkanes) is 21. The van der Waals surface area contributed by atoms with Crippen molar-refractivity contribution < 1.29 is 89.4 Å². The highest BCUT2D eigenvalue weighted by Gasteiger charge is 2.53. The molecule has 3 aliphatic rings. The van der Waals surface area contributed by atoms with E-state index in [1.807, 2.05) is 6.08 Å².